The van der Waals surface area contributed by atoms with E-state index >= 15 is 0 Å². The molecule has 1 aromatic heterocycles. The van der Waals surface area contributed by atoms with E-state index in [4.69, 9.17) is 4.74 Å². The number of halogens is 1. The molecule has 6 nitrogen and oxygen atoms in total. The zero-order chi connectivity index (χ0) is 19.6. The van der Waals surface area contributed by atoms with Gasteiger partial charge >= 0.3 is 5.97 Å². The Morgan fingerprint density at radius 3 is 2.67 bits per heavy atom. The predicted molar refractivity (Wildman–Crippen MR) is 100 cm³/mol. The summed E-state index contributed by atoms with van der Waals surface area (Å²) in [5.41, 5.74) is 0.274. The van der Waals surface area contributed by atoms with E-state index in [1.54, 1.807) is 6.07 Å². The molecule has 3 rings (SSSR count). The molecule has 0 radical (unpaired) electrons. The molecule has 0 aliphatic heterocycles. The second-order valence-corrected chi connectivity index (χ2v) is 8.82. The Hall–Kier alpha value is -2.78. The van der Waals surface area contributed by atoms with Crippen LogP contribution in [0.15, 0.2) is 53.4 Å². The Kier molecular flexibility index (Phi) is 5.24. The van der Waals surface area contributed by atoms with Crippen LogP contribution in [0.1, 0.15) is 9.67 Å². The number of anilines is 1. The maximum atomic E-state index is 13.2. The van der Waals surface area contributed by atoms with E-state index in [0.29, 0.717) is 5.39 Å². The smallest absolute Gasteiger partial charge is 0.348 e. The van der Waals surface area contributed by atoms with Gasteiger partial charge in [-0.25, -0.2) is 17.6 Å². The van der Waals surface area contributed by atoms with Gasteiger partial charge in [-0.15, -0.1) is 11.3 Å². The first-order valence-electron chi connectivity index (χ1n) is 7.68. The van der Waals surface area contributed by atoms with Crippen molar-refractivity contribution in [3.8, 4) is 0 Å². The SMILES string of the molecule is CS(=O)(=O)c1cccc(NC(=O)COC(=O)c2cc3cc(F)ccc3s2)c1. The van der Waals surface area contributed by atoms with Crippen LogP contribution in [-0.2, 0) is 19.4 Å². The molecule has 140 valence electrons. The van der Waals surface area contributed by atoms with Crippen LogP contribution in [0.3, 0.4) is 0 Å². The van der Waals surface area contributed by atoms with Gasteiger partial charge < -0.3 is 10.1 Å². The van der Waals surface area contributed by atoms with E-state index < -0.39 is 34.1 Å². The molecule has 0 saturated carbocycles. The first-order valence-corrected chi connectivity index (χ1v) is 10.4. The number of fused-ring (bicyclic) bond motifs is 1. The monoisotopic (exact) mass is 407 g/mol. The summed E-state index contributed by atoms with van der Waals surface area (Å²) in [5, 5.41) is 3.05. The van der Waals surface area contributed by atoms with Gasteiger partial charge in [-0.1, -0.05) is 6.07 Å². The van der Waals surface area contributed by atoms with Crippen molar-refractivity contribution in [2.45, 2.75) is 4.90 Å². The van der Waals surface area contributed by atoms with Crippen molar-refractivity contribution in [2.24, 2.45) is 0 Å². The van der Waals surface area contributed by atoms with Crippen molar-refractivity contribution in [1.29, 1.82) is 0 Å². The van der Waals surface area contributed by atoms with Gasteiger partial charge in [-0.2, -0.15) is 0 Å². The lowest BCUT2D eigenvalue weighted by molar-refractivity contribution is -0.119. The van der Waals surface area contributed by atoms with Gasteiger partial charge in [0.25, 0.3) is 5.91 Å². The van der Waals surface area contributed by atoms with Gasteiger partial charge in [-0.05, 0) is 47.9 Å². The van der Waals surface area contributed by atoms with Crippen molar-refractivity contribution in [3.63, 3.8) is 0 Å². The number of sulfone groups is 1. The summed E-state index contributed by atoms with van der Waals surface area (Å²) < 4.78 is 42.0. The number of ether oxygens (including phenoxy) is 1. The third-order valence-electron chi connectivity index (χ3n) is 3.56. The number of carbonyl (C=O) groups is 2. The van der Waals surface area contributed by atoms with E-state index in [-0.39, 0.29) is 15.5 Å². The maximum Gasteiger partial charge on any atom is 0.348 e. The fourth-order valence-electron chi connectivity index (χ4n) is 2.32. The van der Waals surface area contributed by atoms with Gasteiger partial charge in [0.15, 0.2) is 16.4 Å². The maximum absolute atomic E-state index is 13.2. The van der Waals surface area contributed by atoms with E-state index in [0.717, 1.165) is 22.3 Å². The molecule has 1 N–H and O–H groups in total. The third kappa shape index (κ3) is 4.69. The highest BCUT2D eigenvalue weighted by Crippen LogP contribution is 2.26. The molecule has 1 heterocycles. The average Bonchev–Trinajstić information content (AvgIpc) is 3.02. The number of hydrogen-bond acceptors (Lipinski definition) is 6. The lowest BCUT2D eigenvalue weighted by Gasteiger charge is -2.07. The topological polar surface area (TPSA) is 89.5 Å². The molecule has 0 spiro atoms. The minimum Gasteiger partial charge on any atom is -0.451 e. The summed E-state index contributed by atoms with van der Waals surface area (Å²) in [6.07, 6.45) is 1.06. The number of thiophene rings is 1. The highest BCUT2D eigenvalue weighted by Gasteiger charge is 2.15. The number of hydrogen-bond donors (Lipinski definition) is 1. The molecule has 0 saturated heterocycles. The molecule has 0 aliphatic carbocycles. The van der Waals surface area contributed by atoms with Gasteiger partial charge in [0.1, 0.15) is 10.7 Å². The molecular formula is C18H14FNO5S2. The molecule has 0 aliphatic rings. The number of rotatable bonds is 5. The summed E-state index contributed by atoms with van der Waals surface area (Å²) in [6, 6.07) is 11.4. The highest BCUT2D eigenvalue weighted by molar-refractivity contribution is 7.90. The van der Waals surface area contributed by atoms with Crippen LogP contribution in [0.5, 0.6) is 0 Å². The van der Waals surface area contributed by atoms with Crippen molar-refractivity contribution in [3.05, 3.63) is 59.2 Å². The standard InChI is InChI=1S/C18H14FNO5S2/c1-27(23,24)14-4-2-3-13(9-14)20-17(21)10-25-18(22)16-8-11-7-12(19)5-6-15(11)26-16/h2-9H,10H2,1H3,(H,20,21). The summed E-state index contributed by atoms with van der Waals surface area (Å²) in [4.78, 5) is 24.3. The molecule has 0 fully saturated rings. The summed E-state index contributed by atoms with van der Waals surface area (Å²) in [6.45, 7) is -0.537. The molecule has 27 heavy (non-hydrogen) atoms. The quantitative estimate of drug-likeness (QED) is 0.656. The van der Waals surface area contributed by atoms with Crippen LogP contribution in [-0.4, -0.2) is 33.2 Å². The second kappa shape index (κ2) is 7.45. The Morgan fingerprint density at radius 2 is 1.93 bits per heavy atom. The van der Waals surface area contributed by atoms with Gasteiger partial charge in [0, 0.05) is 16.6 Å². The fraction of sp³-hybridized carbons (Fsp3) is 0.111. The minimum absolute atomic E-state index is 0.0646. The molecule has 0 bridgehead atoms. The Labute approximate surface area is 158 Å². The lowest BCUT2D eigenvalue weighted by atomic mass is 10.2. The molecule has 9 heteroatoms. The van der Waals surface area contributed by atoms with Crippen LogP contribution < -0.4 is 5.32 Å². The van der Waals surface area contributed by atoms with Crippen molar-refractivity contribution < 1.29 is 27.1 Å². The summed E-state index contributed by atoms with van der Waals surface area (Å²) >= 11 is 1.13. The molecule has 3 aromatic rings. The van der Waals surface area contributed by atoms with Crippen LogP contribution in [0.4, 0.5) is 10.1 Å². The third-order valence-corrected chi connectivity index (χ3v) is 5.77. The number of benzene rings is 2. The second-order valence-electron chi connectivity index (χ2n) is 5.72. The number of carbonyl (C=O) groups excluding carboxylic acids is 2. The first-order chi connectivity index (χ1) is 12.7. The molecule has 1 amide bonds. The zero-order valence-electron chi connectivity index (χ0n) is 14.1. The number of nitrogens with one attached hydrogen (secondary N) is 1. The molecule has 2 aromatic carbocycles. The van der Waals surface area contributed by atoms with Crippen LogP contribution in [0.25, 0.3) is 10.1 Å². The normalized spacial score (nSPS) is 11.3. The Bertz CT molecular complexity index is 1140. The van der Waals surface area contributed by atoms with Crippen molar-refractivity contribution >= 4 is 48.8 Å². The molecule has 0 unspecified atom stereocenters. The lowest BCUT2D eigenvalue weighted by Crippen LogP contribution is -2.20. The van der Waals surface area contributed by atoms with E-state index in [1.807, 2.05) is 0 Å². The zero-order valence-corrected chi connectivity index (χ0v) is 15.7. The number of esters is 1. The van der Waals surface area contributed by atoms with E-state index in [1.165, 1.54) is 42.5 Å². The summed E-state index contributed by atoms with van der Waals surface area (Å²) in [5.74, 6) is -1.71. The largest absolute Gasteiger partial charge is 0.451 e. The average molecular weight is 407 g/mol. The van der Waals surface area contributed by atoms with Crippen molar-refractivity contribution in [1.82, 2.24) is 0 Å². The van der Waals surface area contributed by atoms with Crippen LogP contribution in [0, 0.1) is 5.82 Å². The van der Waals surface area contributed by atoms with Crippen LogP contribution in [0.2, 0.25) is 0 Å². The van der Waals surface area contributed by atoms with Crippen LogP contribution >= 0.6 is 11.3 Å². The van der Waals surface area contributed by atoms with E-state index in [9.17, 15) is 22.4 Å². The van der Waals surface area contributed by atoms with Gasteiger partial charge in [0.05, 0.1) is 4.90 Å². The molecular weight excluding hydrogens is 393 g/mol. The highest BCUT2D eigenvalue weighted by atomic mass is 32.2. The van der Waals surface area contributed by atoms with Gasteiger partial charge in [-0.3, -0.25) is 4.79 Å². The predicted octanol–water partition coefficient (Wildman–Crippen LogP) is 3.24. The van der Waals surface area contributed by atoms with E-state index in [2.05, 4.69) is 5.32 Å². The summed E-state index contributed by atoms with van der Waals surface area (Å²) in [7, 11) is -3.40. The Morgan fingerprint density at radius 1 is 1.15 bits per heavy atom. The minimum atomic E-state index is -3.40. The molecule has 0 atom stereocenters. The van der Waals surface area contributed by atoms with Crippen molar-refractivity contribution in [2.75, 3.05) is 18.2 Å². The Balaban J connectivity index is 1.62. The fourth-order valence-corrected chi connectivity index (χ4v) is 3.92. The first kappa shape index (κ1) is 19.0. The number of amides is 1. The van der Waals surface area contributed by atoms with Gasteiger partial charge in [0.2, 0.25) is 0 Å².